The van der Waals surface area contributed by atoms with Crippen LogP contribution in [-0.2, 0) is 11.2 Å². The minimum absolute atomic E-state index is 0.235. The van der Waals surface area contributed by atoms with Crippen LogP contribution >= 0.6 is 11.3 Å². The van der Waals surface area contributed by atoms with Gasteiger partial charge in [0.05, 0.1) is 6.10 Å². The number of carbonyl (C=O) groups is 2. The van der Waals surface area contributed by atoms with E-state index in [0.29, 0.717) is 11.3 Å². The largest absolute Gasteiger partial charge is 0.414 e. The number of nitrogens with one attached hydrogen (secondary N) is 2. The molecule has 0 saturated carbocycles. The number of aliphatic hydroxyl groups is 1. The Morgan fingerprint density at radius 3 is 2.76 bits per heavy atom. The molecule has 4 rings (SSSR count). The second kappa shape index (κ2) is 7.95. The van der Waals surface area contributed by atoms with Crippen LogP contribution in [0.4, 0.5) is 4.79 Å². The van der Waals surface area contributed by atoms with Crippen LogP contribution in [0, 0.1) is 11.3 Å². The first-order valence-electron chi connectivity index (χ1n) is 9.03. The molecule has 3 aromatic rings. The second-order valence-corrected chi connectivity index (χ2v) is 7.87. The van der Waals surface area contributed by atoms with Crippen molar-refractivity contribution in [1.82, 2.24) is 15.2 Å². The number of rotatable bonds is 5. The number of H-pyrrole nitrogens is 1. The Kier molecular flexibility index (Phi) is 5.20. The number of benzene rings is 1. The molecule has 0 spiro atoms. The summed E-state index contributed by atoms with van der Waals surface area (Å²) in [5.41, 5.74) is 0.900. The van der Waals surface area contributed by atoms with Gasteiger partial charge in [0.2, 0.25) is 11.8 Å². The Hall–Kier alpha value is -3.35. The van der Waals surface area contributed by atoms with E-state index in [4.69, 9.17) is 10.00 Å². The summed E-state index contributed by atoms with van der Waals surface area (Å²) in [6.07, 6.45) is -0.963. The zero-order valence-electron chi connectivity index (χ0n) is 15.3. The van der Waals surface area contributed by atoms with Crippen molar-refractivity contribution in [1.29, 1.82) is 5.26 Å². The topological polar surface area (TPSA) is 118 Å². The zero-order valence-corrected chi connectivity index (χ0v) is 16.1. The van der Waals surface area contributed by atoms with Gasteiger partial charge in [-0.3, -0.25) is 4.79 Å². The number of aromatic nitrogens is 1. The van der Waals surface area contributed by atoms with Crippen molar-refractivity contribution in [3.8, 4) is 11.9 Å². The third-order valence-corrected chi connectivity index (χ3v) is 5.61. The molecule has 1 aliphatic heterocycles. The van der Waals surface area contributed by atoms with Gasteiger partial charge in [-0.1, -0.05) is 30.3 Å². The fraction of sp³-hybridized carbons (Fsp3) is 0.250. The van der Waals surface area contributed by atoms with E-state index in [2.05, 4.69) is 16.4 Å². The van der Waals surface area contributed by atoms with Crippen LogP contribution in [-0.4, -0.2) is 52.2 Å². The van der Waals surface area contributed by atoms with Crippen LogP contribution < -0.4 is 10.1 Å². The third-order valence-electron chi connectivity index (χ3n) is 4.64. The molecule has 1 aromatic carbocycles. The van der Waals surface area contributed by atoms with Crippen molar-refractivity contribution in [3.63, 3.8) is 0 Å². The molecule has 0 radical (unpaired) electrons. The number of thiophene rings is 1. The number of hydrogen-bond donors (Lipinski definition) is 3. The Balaban J connectivity index is 1.44. The average Bonchev–Trinajstić information content (AvgIpc) is 3.23. The van der Waals surface area contributed by atoms with Gasteiger partial charge in [-0.05, 0) is 11.6 Å². The van der Waals surface area contributed by atoms with Crippen LogP contribution in [0.25, 0.3) is 10.2 Å². The Bertz CT molecular complexity index is 1050. The summed E-state index contributed by atoms with van der Waals surface area (Å²) < 4.78 is 5.30. The Morgan fingerprint density at radius 1 is 1.34 bits per heavy atom. The highest BCUT2D eigenvalue weighted by Crippen LogP contribution is 2.28. The number of hydrogen-bond acceptors (Lipinski definition) is 6. The number of fused-ring (bicyclic) bond motifs is 1. The molecule has 3 N–H and O–H groups in total. The van der Waals surface area contributed by atoms with Crippen LogP contribution in [0.3, 0.4) is 0 Å². The van der Waals surface area contributed by atoms with Gasteiger partial charge in [-0.25, -0.2) is 4.79 Å². The number of aliphatic hydroxyl groups excluding tert-OH is 1. The van der Waals surface area contributed by atoms with Gasteiger partial charge in [0.25, 0.3) is 0 Å². The molecule has 9 heteroatoms. The number of ether oxygens (including phenoxy) is 1. The Labute approximate surface area is 170 Å². The lowest BCUT2D eigenvalue weighted by atomic mass is 10.0. The molecule has 1 fully saturated rings. The third kappa shape index (κ3) is 4.23. The van der Waals surface area contributed by atoms with E-state index < -0.39 is 18.2 Å². The van der Waals surface area contributed by atoms with Crippen molar-refractivity contribution >= 4 is 33.6 Å². The number of carbonyl (C=O) groups excluding carboxylic acids is 2. The lowest BCUT2D eigenvalue weighted by molar-refractivity contribution is -0.143. The maximum absolute atomic E-state index is 12.7. The van der Waals surface area contributed by atoms with Gasteiger partial charge in [0.15, 0.2) is 0 Å². The summed E-state index contributed by atoms with van der Waals surface area (Å²) in [4.78, 5) is 30.9. The summed E-state index contributed by atoms with van der Waals surface area (Å²) >= 11 is 1.27. The number of likely N-dealkylation sites (tertiary alicyclic amines) is 1. The molecule has 2 amide bonds. The van der Waals surface area contributed by atoms with Crippen LogP contribution in [0.5, 0.6) is 5.88 Å². The highest BCUT2D eigenvalue weighted by atomic mass is 32.1. The van der Waals surface area contributed by atoms with Crippen molar-refractivity contribution in [2.45, 2.75) is 18.6 Å². The maximum atomic E-state index is 12.7. The molecule has 0 unspecified atom stereocenters. The molecule has 1 aliphatic rings. The maximum Gasteiger partial charge on any atom is 0.414 e. The molecule has 148 valence electrons. The van der Waals surface area contributed by atoms with E-state index in [-0.39, 0.29) is 24.9 Å². The molecule has 0 aliphatic carbocycles. The molecule has 8 nitrogen and oxygen atoms in total. The van der Waals surface area contributed by atoms with Crippen LogP contribution in [0.2, 0.25) is 0 Å². The smallest absolute Gasteiger partial charge is 0.393 e. The molecule has 1 saturated heterocycles. The van der Waals surface area contributed by atoms with E-state index in [0.717, 1.165) is 15.8 Å². The highest BCUT2D eigenvalue weighted by Gasteiger charge is 2.34. The van der Waals surface area contributed by atoms with Crippen LogP contribution in [0.1, 0.15) is 10.4 Å². The standard InChI is InChI=1S/C20H18N4O4S/c21-9-15-7-13-8-17(23-18(13)29-15)28-20(27)22-16(6-12-4-2-1-3-5-12)19(26)24-10-14(25)11-24/h1-5,7-8,14,16,23,25H,6,10-11H2,(H,22,27)/t16-/m0/s1. The molecular weight excluding hydrogens is 392 g/mol. The lowest BCUT2D eigenvalue weighted by Crippen LogP contribution is -2.60. The first-order valence-corrected chi connectivity index (χ1v) is 9.85. The van der Waals surface area contributed by atoms with E-state index in [9.17, 15) is 14.7 Å². The minimum atomic E-state index is -0.807. The second-order valence-electron chi connectivity index (χ2n) is 6.81. The van der Waals surface area contributed by atoms with Gasteiger partial charge in [-0.15, -0.1) is 11.3 Å². The normalized spacial score (nSPS) is 14.8. The summed E-state index contributed by atoms with van der Waals surface area (Å²) in [7, 11) is 0. The SMILES string of the molecule is N#Cc1cc2cc(OC(=O)N[C@@H](Cc3ccccc3)C(=O)N3CC(O)C3)[nH]c2s1. The monoisotopic (exact) mass is 410 g/mol. The number of amides is 2. The Morgan fingerprint density at radius 2 is 2.10 bits per heavy atom. The molecule has 3 heterocycles. The van der Waals surface area contributed by atoms with Crippen molar-refractivity contribution < 1.29 is 19.4 Å². The zero-order chi connectivity index (χ0) is 20.4. The minimum Gasteiger partial charge on any atom is -0.393 e. The van der Waals surface area contributed by atoms with Gasteiger partial charge < -0.3 is 25.0 Å². The van der Waals surface area contributed by atoms with Crippen LogP contribution in [0.15, 0.2) is 42.5 Å². The quantitative estimate of drug-likeness (QED) is 0.595. The molecule has 2 aromatic heterocycles. The summed E-state index contributed by atoms with van der Waals surface area (Å²) in [5, 5.41) is 21.8. The molecular formula is C20H18N4O4S. The first-order chi connectivity index (χ1) is 14.0. The summed E-state index contributed by atoms with van der Waals surface area (Å²) in [5.74, 6) is -0.0271. The molecule has 29 heavy (non-hydrogen) atoms. The van der Waals surface area contributed by atoms with Crippen molar-refractivity contribution in [2.24, 2.45) is 0 Å². The van der Waals surface area contributed by atoms with Gasteiger partial charge >= 0.3 is 6.09 Å². The van der Waals surface area contributed by atoms with E-state index in [1.165, 1.54) is 16.2 Å². The van der Waals surface area contributed by atoms with Crippen molar-refractivity contribution in [2.75, 3.05) is 13.1 Å². The van der Waals surface area contributed by atoms with Gasteiger partial charge in [-0.2, -0.15) is 5.26 Å². The van der Waals surface area contributed by atoms with E-state index in [1.807, 2.05) is 30.3 Å². The van der Waals surface area contributed by atoms with E-state index >= 15 is 0 Å². The first kappa shape index (κ1) is 19.0. The van der Waals surface area contributed by atoms with Gasteiger partial charge in [0.1, 0.15) is 21.8 Å². The predicted octanol–water partition coefficient (Wildman–Crippen LogP) is 2.00. The number of nitrogens with zero attached hydrogens (tertiary/aromatic N) is 2. The van der Waals surface area contributed by atoms with E-state index in [1.54, 1.807) is 12.1 Å². The highest BCUT2D eigenvalue weighted by molar-refractivity contribution is 7.19. The summed E-state index contributed by atoms with van der Waals surface area (Å²) in [6.45, 7) is 0.518. The number of β-amino-alcohol motifs (C(OH)–C–C–N with tert-alkyl or cyclic N) is 1. The van der Waals surface area contributed by atoms with Crippen molar-refractivity contribution in [3.05, 3.63) is 52.9 Å². The fourth-order valence-corrected chi connectivity index (χ4v) is 4.03. The predicted molar refractivity (Wildman–Crippen MR) is 107 cm³/mol. The number of nitriles is 1. The molecule has 0 bridgehead atoms. The van der Waals surface area contributed by atoms with Gasteiger partial charge in [0, 0.05) is 31.0 Å². The average molecular weight is 410 g/mol. The fourth-order valence-electron chi connectivity index (χ4n) is 3.19. The lowest BCUT2D eigenvalue weighted by Gasteiger charge is -2.38. The summed E-state index contributed by atoms with van der Waals surface area (Å²) in [6, 6.07) is 14.0. The molecule has 1 atom stereocenters. The number of aromatic amines is 1.